The largest absolute Gasteiger partial charge is 0.324 e. The number of nitro benzene ring substituents is 1. The van der Waals surface area contributed by atoms with Crippen LogP contribution < -0.4 is 10.6 Å². The van der Waals surface area contributed by atoms with Crippen molar-refractivity contribution in [3.63, 3.8) is 0 Å². The minimum atomic E-state index is -0.515. The molecule has 20 heavy (non-hydrogen) atoms. The topological polar surface area (TPSA) is 84.3 Å². The van der Waals surface area contributed by atoms with E-state index in [0.29, 0.717) is 18.0 Å². The Labute approximate surface area is 121 Å². The van der Waals surface area contributed by atoms with Crippen LogP contribution in [0.1, 0.15) is 19.8 Å². The summed E-state index contributed by atoms with van der Waals surface area (Å²) in [5, 5.41) is 17.0. The van der Waals surface area contributed by atoms with E-state index in [-0.39, 0.29) is 17.3 Å². The molecule has 0 aliphatic carbocycles. The highest BCUT2D eigenvalue weighted by atomic mass is 35.5. The first-order chi connectivity index (χ1) is 9.48. The van der Waals surface area contributed by atoms with Crippen LogP contribution in [0.4, 0.5) is 11.4 Å². The molecular formula is C13H16ClN3O3. The number of hydrogen-bond donors (Lipinski definition) is 2. The number of nitrogens with zero attached hydrogens (tertiary/aromatic N) is 1. The summed E-state index contributed by atoms with van der Waals surface area (Å²) in [6.45, 7) is 3.37. The highest BCUT2D eigenvalue weighted by molar-refractivity contribution is 6.33. The van der Waals surface area contributed by atoms with Gasteiger partial charge in [0, 0.05) is 18.7 Å². The molecule has 1 aromatic carbocycles. The molecule has 0 radical (unpaired) electrons. The van der Waals surface area contributed by atoms with Gasteiger partial charge >= 0.3 is 0 Å². The number of nitro groups is 1. The van der Waals surface area contributed by atoms with Gasteiger partial charge in [-0.1, -0.05) is 18.5 Å². The van der Waals surface area contributed by atoms with Gasteiger partial charge in [0.25, 0.3) is 5.69 Å². The minimum absolute atomic E-state index is 0.0974. The Morgan fingerprint density at radius 3 is 2.90 bits per heavy atom. The molecule has 1 aromatic rings. The van der Waals surface area contributed by atoms with E-state index in [0.717, 1.165) is 13.0 Å². The summed E-state index contributed by atoms with van der Waals surface area (Å²) in [6.07, 6.45) is 1.46. The van der Waals surface area contributed by atoms with Gasteiger partial charge in [-0.2, -0.15) is 0 Å². The summed E-state index contributed by atoms with van der Waals surface area (Å²) in [5.41, 5.74) is -0.279. The molecule has 1 aliphatic rings. The van der Waals surface area contributed by atoms with Gasteiger partial charge in [-0.25, -0.2) is 0 Å². The Hall–Kier alpha value is -1.66. The second-order valence-electron chi connectivity index (χ2n) is 4.94. The molecule has 1 amide bonds. The predicted octanol–water partition coefficient (Wildman–Crippen LogP) is 2.58. The molecule has 1 heterocycles. The molecule has 0 bridgehead atoms. The zero-order valence-electron chi connectivity index (χ0n) is 11.1. The van der Waals surface area contributed by atoms with Gasteiger partial charge in [-0.3, -0.25) is 14.9 Å². The smallest absolute Gasteiger partial charge is 0.271 e. The molecule has 6 nitrogen and oxygen atoms in total. The zero-order valence-corrected chi connectivity index (χ0v) is 11.9. The van der Waals surface area contributed by atoms with Crippen LogP contribution in [0.3, 0.4) is 0 Å². The third-order valence-corrected chi connectivity index (χ3v) is 4.14. The molecule has 0 aromatic heterocycles. The fourth-order valence-electron chi connectivity index (χ4n) is 2.38. The van der Waals surface area contributed by atoms with E-state index >= 15 is 0 Å². The van der Waals surface area contributed by atoms with Crippen LogP contribution in [0, 0.1) is 15.5 Å². The number of carbonyl (C=O) groups is 1. The SMILES string of the molecule is CCC1(C(=O)Nc2cc([N+](=O)[O-])ccc2Cl)CCNC1. The molecule has 1 fully saturated rings. The summed E-state index contributed by atoms with van der Waals surface area (Å²) in [5.74, 6) is -0.146. The Morgan fingerprint density at radius 2 is 2.35 bits per heavy atom. The quantitative estimate of drug-likeness (QED) is 0.661. The number of halogens is 1. The number of amides is 1. The van der Waals surface area contributed by atoms with E-state index in [1.165, 1.54) is 18.2 Å². The van der Waals surface area contributed by atoms with Crippen molar-refractivity contribution in [2.45, 2.75) is 19.8 Å². The first kappa shape index (κ1) is 14.7. The molecule has 108 valence electrons. The van der Waals surface area contributed by atoms with Crippen LogP contribution in [0.15, 0.2) is 18.2 Å². The van der Waals surface area contributed by atoms with Crippen molar-refractivity contribution >= 4 is 28.9 Å². The highest BCUT2D eigenvalue weighted by Crippen LogP contribution is 2.33. The number of hydrogen-bond acceptors (Lipinski definition) is 4. The Kier molecular flexibility index (Phi) is 4.25. The maximum Gasteiger partial charge on any atom is 0.271 e. The number of benzene rings is 1. The number of nitrogens with one attached hydrogen (secondary N) is 2. The fourth-order valence-corrected chi connectivity index (χ4v) is 2.54. The second-order valence-corrected chi connectivity index (χ2v) is 5.34. The molecule has 2 N–H and O–H groups in total. The van der Waals surface area contributed by atoms with Gasteiger partial charge in [-0.05, 0) is 25.5 Å². The summed E-state index contributed by atoms with van der Waals surface area (Å²) in [7, 11) is 0. The predicted molar refractivity (Wildman–Crippen MR) is 76.9 cm³/mol. The van der Waals surface area contributed by atoms with E-state index in [1.807, 2.05) is 6.92 Å². The Morgan fingerprint density at radius 1 is 1.60 bits per heavy atom. The highest BCUT2D eigenvalue weighted by Gasteiger charge is 2.39. The molecule has 2 rings (SSSR count). The average Bonchev–Trinajstić information content (AvgIpc) is 2.91. The van der Waals surface area contributed by atoms with Crippen LogP contribution in [0.5, 0.6) is 0 Å². The van der Waals surface area contributed by atoms with Crippen molar-refractivity contribution in [3.05, 3.63) is 33.3 Å². The molecule has 0 spiro atoms. The van der Waals surface area contributed by atoms with Crippen molar-refractivity contribution in [2.75, 3.05) is 18.4 Å². The summed E-state index contributed by atoms with van der Waals surface area (Å²) in [4.78, 5) is 22.7. The van der Waals surface area contributed by atoms with Crippen LogP contribution in [-0.4, -0.2) is 23.9 Å². The lowest BCUT2D eigenvalue weighted by Crippen LogP contribution is -2.37. The lowest BCUT2D eigenvalue weighted by Gasteiger charge is -2.25. The van der Waals surface area contributed by atoms with E-state index in [9.17, 15) is 14.9 Å². The van der Waals surface area contributed by atoms with Crippen molar-refractivity contribution in [2.24, 2.45) is 5.41 Å². The first-order valence-corrected chi connectivity index (χ1v) is 6.82. The minimum Gasteiger partial charge on any atom is -0.324 e. The number of anilines is 1. The van der Waals surface area contributed by atoms with E-state index in [1.54, 1.807) is 0 Å². The Bertz CT molecular complexity index is 542. The second kappa shape index (κ2) is 5.76. The lowest BCUT2D eigenvalue weighted by molar-refractivity contribution is -0.384. The lowest BCUT2D eigenvalue weighted by atomic mass is 9.83. The van der Waals surface area contributed by atoms with Crippen LogP contribution in [0.2, 0.25) is 5.02 Å². The van der Waals surface area contributed by atoms with Gasteiger partial charge in [-0.15, -0.1) is 0 Å². The third kappa shape index (κ3) is 2.76. The van der Waals surface area contributed by atoms with Gasteiger partial charge in [0.05, 0.1) is 21.0 Å². The van der Waals surface area contributed by atoms with Gasteiger partial charge in [0.15, 0.2) is 0 Å². The molecular weight excluding hydrogens is 282 g/mol. The molecule has 1 unspecified atom stereocenters. The van der Waals surface area contributed by atoms with Gasteiger partial charge < -0.3 is 10.6 Å². The average molecular weight is 298 g/mol. The molecule has 7 heteroatoms. The molecule has 1 atom stereocenters. The third-order valence-electron chi connectivity index (χ3n) is 3.81. The fraction of sp³-hybridized carbons (Fsp3) is 0.462. The van der Waals surface area contributed by atoms with E-state index in [2.05, 4.69) is 10.6 Å². The van der Waals surface area contributed by atoms with E-state index in [4.69, 9.17) is 11.6 Å². The molecule has 1 aliphatic heterocycles. The molecule has 0 saturated carbocycles. The standard InChI is InChI=1S/C13H16ClN3O3/c1-2-13(5-6-15-8-13)12(18)16-11-7-9(17(19)20)3-4-10(11)14/h3-4,7,15H,2,5-6,8H2,1H3,(H,16,18). The summed E-state index contributed by atoms with van der Waals surface area (Å²) in [6, 6.07) is 4.01. The maximum atomic E-state index is 12.4. The number of carbonyl (C=O) groups excluding carboxylic acids is 1. The van der Waals surface area contributed by atoms with Crippen LogP contribution in [-0.2, 0) is 4.79 Å². The van der Waals surface area contributed by atoms with Crippen LogP contribution >= 0.6 is 11.6 Å². The van der Waals surface area contributed by atoms with Crippen molar-refractivity contribution in [3.8, 4) is 0 Å². The van der Waals surface area contributed by atoms with E-state index < -0.39 is 10.3 Å². The number of rotatable bonds is 4. The number of non-ortho nitro benzene ring substituents is 1. The maximum absolute atomic E-state index is 12.4. The first-order valence-electron chi connectivity index (χ1n) is 6.44. The molecule has 1 saturated heterocycles. The van der Waals surface area contributed by atoms with Crippen molar-refractivity contribution < 1.29 is 9.72 Å². The van der Waals surface area contributed by atoms with Gasteiger partial charge in [0.1, 0.15) is 0 Å². The van der Waals surface area contributed by atoms with Crippen LogP contribution in [0.25, 0.3) is 0 Å². The van der Waals surface area contributed by atoms with Crippen molar-refractivity contribution in [1.29, 1.82) is 0 Å². The monoisotopic (exact) mass is 297 g/mol. The summed E-state index contributed by atoms with van der Waals surface area (Å²) >= 11 is 5.99. The normalized spacial score (nSPS) is 21.7. The summed E-state index contributed by atoms with van der Waals surface area (Å²) < 4.78 is 0. The zero-order chi connectivity index (χ0) is 14.8. The van der Waals surface area contributed by atoms with Crippen molar-refractivity contribution in [1.82, 2.24) is 5.32 Å². The Balaban J connectivity index is 2.23. The van der Waals surface area contributed by atoms with Gasteiger partial charge in [0.2, 0.25) is 5.91 Å².